The summed E-state index contributed by atoms with van der Waals surface area (Å²) in [6.07, 6.45) is 1.52. The fourth-order valence-corrected chi connectivity index (χ4v) is 2.70. The van der Waals surface area contributed by atoms with Crippen molar-refractivity contribution in [1.29, 1.82) is 0 Å². The molecule has 0 radical (unpaired) electrons. The second kappa shape index (κ2) is 8.99. The Labute approximate surface area is 165 Å². The van der Waals surface area contributed by atoms with Gasteiger partial charge in [-0.15, -0.1) is 0 Å². The number of benzene rings is 2. The van der Waals surface area contributed by atoms with E-state index in [1.54, 1.807) is 18.0 Å². The van der Waals surface area contributed by atoms with Gasteiger partial charge in [0.2, 0.25) is 0 Å². The molecule has 0 aliphatic rings. The molecule has 0 atom stereocenters. The van der Waals surface area contributed by atoms with Crippen LogP contribution >= 0.6 is 0 Å². The lowest BCUT2D eigenvalue weighted by molar-refractivity contribution is 0.0779. The molecule has 1 heterocycles. The number of carbonyl (C=O) groups excluding carboxylic acids is 1. The molecular formula is C22H24N4O2. The van der Waals surface area contributed by atoms with Crippen LogP contribution < -0.4 is 10.1 Å². The molecule has 28 heavy (non-hydrogen) atoms. The van der Waals surface area contributed by atoms with E-state index >= 15 is 0 Å². The lowest BCUT2D eigenvalue weighted by Gasteiger charge is -2.17. The molecule has 0 aliphatic carbocycles. The van der Waals surface area contributed by atoms with E-state index in [-0.39, 0.29) is 12.0 Å². The summed E-state index contributed by atoms with van der Waals surface area (Å²) in [6.45, 7) is 4.49. The minimum atomic E-state index is -0.157. The average molecular weight is 376 g/mol. The predicted molar refractivity (Wildman–Crippen MR) is 110 cm³/mol. The Morgan fingerprint density at radius 2 is 1.79 bits per heavy atom. The van der Waals surface area contributed by atoms with E-state index in [4.69, 9.17) is 4.74 Å². The van der Waals surface area contributed by atoms with Crippen LogP contribution in [0, 0.1) is 0 Å². The summed E-state index contributed by atoms with van der Waals surface area (Å²) < 4.78 is 5.64. The summed E-state index contributed by atoms with van der Waals surface area (Å²) in [5.41, 5.74) is 2.26. The first-order valence-electron chi connectivity index (χ1n) is 9.16. The number of ether oxygens (including phenoxy) is 1. The molecule has 6 heteroatoms. The summed E-state index contributed by atoms with van der Waals surface area (Å²) in [5, 5.41) is 3.19. The molecule has 0 saturated carbocycles. The van der Waals surface area contributed by atoms with Crippen LogP contribution in [0.15, 0.2) is 67.0 Å². The van der Waals surface area contributed by atoms with Gasteiger partial charge in [0, 0.05) is 25.3 Å². The quantitative estimate of drug-likeness (QED) is 0.667. The van der Waals surface area contributed by atoms with Gasteiger partial charge in [-0.25, -0.2) is 9.97 Å². The van der Waals surface area contributed by atoms with Crippen LogP contribution in [0.2, 0.25) is 0 Å². The van der Waals surface area contributed by atoms with E-state index in [1.165, 1.54) is 6.33 Å². The maximum absolute atomic E-state index is 12.7. The van der Waals surface area contributed by atoms with Crippen molar-refractivity contribution in [2.24, 2.45) is 0 Å². The van der Waals surface area contributed by atoms with Gasteiger partial charge >= 0.3 is 0 Å². The molecule has 1 N–H and O–H groups in total. The van der Waals surface area contributed by atoms with Crippen molar-refractivity contribution < 1.29 is 9.53 Å². The van der Waals surface area contributed by atoms with Gasteiger partial charge in [-0.2, -0.15) is 0 Å². The number of hydrogen-bond donors (Lipinski definition) is 1. The number of hydrogen-bond acceptors (Lipinski definition) is 5. The number of amides is 1. The first kappa shape index (κ1) is 19.4. The first-order valence-corrected chi connectivity index (χ1v) is 9.16. The van der Waals surface area contributed by atoms with Crippen LogP contribution in [0.1, 0.15) is 29.9 Å². The topological polar surface area (TPSA) is 67.3 Å². The standard InChI is InChI=1S/C22H24N4O2/c1-16(2)28-19-11-9-18(10-12-19)25-21-13-20(23-15-24-21)22(27)26(3)14-17-7-5-4-6-8-17/h4-13,15-16H,14H2,1-3H3,(H,23,24,25). The number of nitrogens with zero attached hydrogens (tertiary/aromatic N) is 3. The Morgan fingerprint density at radius 1 is 1.07 bits per heavy atom. The second-order valence-corrected chi connectivity index (χ2v) is 6.75. The zero-order valence-corrected chi connectivity index (χ0v) is 16.3. The zero-order chi connectivity index (χ0) is 19.9. The summed E-state index contributed by atoms with van der Waals surface area (Å²) >= 11 is 0. The SMILES string of the molecule is CC(C)Oc1ccc(Nc2cc(C(=O)N(C)Cc3ccccc3)ncn2)cc1. The fourth-order valence-electron chi connectivity index (χ4n) is 2.70. The summed E-state index contributed by atoms with van der Waals surface area (Å²) in [7, 11) is 1.76. The number of carbonyl (C=O) groups is 1. The molecule has 0 bridgehead atoms. The van der Waals surface area contributed by atoms with Crippen molar-refractivity contribution in [3.8, 4) is 5.75 Å². The highest BCUT2D eigenvalue weighted by atomic mass is 16.5. The Morgan fingerprint density at radius 3 is 2.46 bits per heavy atom. The van der Waals surface area contributed by atoms with Gasteiger partial charge in [-0.05, 0) is 43.7 Å². The molecule has 6 nitrogen and oxygen atoms in total. The number of aromatic nitrogens is 2. The molecule has 2 aromatic carbocycles. The van der Waals surface area contributed by atoms with Crippen molar-refractivity contribution in [1.82, 2.24) is 14.9 Å². The Hall–Kier alpha value is -3.41. The van der Waals surface area contributed by atoms with Crippen LogP contribution in [0.4, 0.5) is 11.5 Å². The van der Waals surface area contributed by atoms with E-state index in [0.29, 0.717) is 18.1 Å². The van der Waals surface area contributed by atoms with Crippen molar-refractivity contribution in [2.75, 3.05) is 12.4 Å². The fraction of sp³-hybridized carbons (Fsp3) is 0.227. The molecule has 1 aromatic heterocycles. The maximum atomic E-state index is 12.7. The normalized spacial score (nSPS) is 10.6. The third kappa shape index (κ3) is 5.30. The van der Waals surface area contributed by atoms with Gasteiger partial charge in [0.1, 0.15) is 23.6 Å². The Kier molecular flexibility index (Phi) is 6.22. The number of anilines is 2. The van der Waals surface area contributed by atoms with Crippen molar-refractivity contribution in [3.63, 3.8) is 0 Å². The first-order chi connectivity index (χ1) is 13.5. The van der Waals surface area contributed by atoms with E-state index in [9.17, 15) is 4.79 Å². The van der Waals surface area contributed by atoms with E-state index in [0.717, 1.165) is 17.0 Å². The molecule has 0 fully saturated rings. The molecule has 0 unspecified atom stereocenters. The van der Waals surface area contributed by atoms with Crippen LogP contribution in [0.3, 0.4) is 0 Å². The van der Waals surface area contributed by atoms with Gasteiger partial charge in [-0.3, -0.25) is 4.79 Å². The average Bonchev–Trinajstić information content (AvgIpc) is 2.69. The van der Waals surface area contributed by atoms with Gasteiger partial charge in [-0.1, -0.05) is 30.3 Å². The Bertz CT molecular complexity index is 911. The largest absolute Gasteiger partial charge is 0.491 e. The Balaban J connectivity index is 1.67. The highest BCUT2D eigenvalue weighted by Crippen LogP contribution is 2.20. The number of rotatable bonds is 7. The molecule has 0 spiro atoms. The van der Waals surface area contributed by atoms with Crippen LogP contribution in [0.5, 0.6) is 5.75 Å². The smallest absolute Gasteiger partial charge is 0.272 e. The summed E-state index contributed by atoms with van der Waals surface area (Å²) in [5.74, 6) is 1.21. The van der Waals surface area contributed by atoms with Gasteiger partial charge in [0.25, 0.3) is 5.91 Å². The highest BCUT2D eigenvalue weighted by Gasteiger charge is 2.14. The highest BCUT2D eigenvalue weighted by molar-refractivity contribution is 5.92. The minimum absolute atomic E-state index is 0.127. The number of nitrogens with one attached hydrogen (secondary N) is 1. The van der Waals surface area contributed by atoms with Crippen LogP contribution in [-0.2, 0) is 6.54 Å². The van der Waals surface area contributed by atoms with Crippen LogP contribution in [-0.4, -0.2) is 33.9 Å². The summed E-state index contributed by atoms with van der Waals surface area (Å²) in [4.78, 5) is 22.7. The second-order valence-electron chi connectivity index (χ2n) is 6.75. The molecule has 0 aliphatic heterocycles. The van der Waals surface area contributed by atoms with E-state index in [1.807, 2.05) is 68.4 Å². The minimum Gasteiger partial charge on any atom is -0.491 e. The molecule has 0 saturated heterocycles. The van der Waals surface area contributed by atoms with E-state index in [2.05, 4.69) is 15.3 Å². The molecule has 144 valence electrons. The molecular weight excluding hydrogens is 352 g/mol. The lowest BCUT2D eigenvalue weighted by Crippen LogP contribution is -2.27. The molecule has 1 amide bonds. The van der Waals surface area contributed by atoms with Crippen molar-refractivity contribution >= 4 is 17.4 Å². The van der Waals surface area contributed by atoms with Gasteiger partial charge in [0.05, 0.1) is 6.10 Å². The zero-order valence-electron chi connectivity index (χ0n) is 16.3. The monoisotopic (exact) mass is 376 g/mol. The van der Waals surface area contributed by atoms with Gasteiger partial charge in [0.15, 0.2) is 0 Å². The maximum Gasteiger partial charge on any atom is 0.272 e. The van der Waals surface area contributed by atoms with Crippen LogP contribution in [0.25, 0.3) is 0 Å². The van der Waals surface area contributed by atoms with Crippen molar-refractivity contribution in [2.45, 2.75) is 26.5 Å². The third-order valence-electron chi connectivity index (χ3n) is 3.99. The third-order valence-corrected chi connectivity index (χ3v) is 3.99. The van der Waals surface area contributed by atoms with Gasteiger partial charge < -0.3 is 15.0 Å². The predicted octanol–water partition coefficient (Wildman–Crippen LogP) is 4.28. The lowest BCUT2D eigenvalue weighted by atomic mass is 10.2. The molecule has 3 aromatic rings. The van der Waals surface area contributed by atoms with E-state index < -0.39 is 0 Å². The molecule has 3 rings (SSSR count). The summed E-state index contributed by atoms with van der Waals surface area (Å²) in [6, 6.07) is 19.1. The van der Waals surface area contributed by atoms with Crippen molar-refractivity contribution in [3.05, 3.63) is 78.2 Å².